The topological polar surface area (TPSA) is 42.7 Å². The fraction of sp³-hybridized carbons (Fsp3) is 0.467. The zero-order valence-corrected chi connectivity index (χ0v) is 12.5. The maximum absolute atomic E-state index is 6.12. The van der Waals surface area contributed by atoms with Gasteiger partial charge in [-0.25, -0.2) is 9.67 Å². The first-order chi connectivity index (χ1) is 9.63. The van der Waals surface area contributed by atoms with Crippen molar-refractivity contribution in [3.8, 4) is 5.69 Å². The van der Waals surface area contributed by atoms with E-state index in [0.717, 1.165) is 28.2 Å². The Labute approximate surface area is 124 Å². The Balaban J connectivity index is 1.78. The fourth-order valence-electron chi connectivity index (χ4n) is 2.70. The van der Waals surface area contributed by atoms with Gasteiger partial charge in [-0.05, 0) is 42.9 Å². The predicted molar refractivity (Wildman–Crippen MR) is 81.3 cm³/mol. The SMILES string of the molecule is CC(C)C1CC(Nc2cc(Cl)ccc2-n2cncn2)C1. The molecule has 1 aliphatic carbocycles. The number of hydrogen-bond acceptors (Lipinski definition) is 3. The summed E-state index contributed by atoms with van der Waals surface area (Å²) < 4.78 is 1.76. The van der Waals surface area contributed by atoms with Gasteiger partial charge in [0.05, 0.1) is 11.4 Å². The van der Waals surface area contributed by atoms with E-state index in [-0.39, 0.29) is 0 Å². The van der Waals surface area contributed by atoms with Gasteiger partial charge in [0.2, 0.25) is 0 Å². The second-order valence-electron chi connectivity index (χ2n) is 5.82. The van der Waals surface area contributed by atoms with Gasteiger partial charge in [-0.2, -0.15) is 5.10 Å². The van der Waals surface area contributed by atoms with E-state index in [1.807, 2.05) is 18.2 Å². The van der Waals surface area contributed by atoms with Crippen molar-refractivity contribution < 1.29 is 0 Å². The number of nitrogens with zero attached hydrogens (tertiary/aromatic N) is 3. The number of aromatic nitrogens is 3. The third-order valence-corrected chi connectivity index (χ3v) is 4.34. The van der Waals surface area contributed by atoms with Crippen LogP contribution in [0.4, 0.5) is 5.69 Å². The van der Waals surface area contributed by atoms with E-state index in [2.05, 4.69) is 29.2 Å². The Morgan fingerprint density at radius 2 is 2.15 bits per heavy atom. The van der Waals surface area contributed by atoms with Crippen LogP contribution in [0.1, 0.15) is 26.7 Å². The smallest absolute Gasteiger partial charge is 0.138 e. The summed E-state index contributed by atoms with van der Waals surface area (Å²) in [5, 5.41) is 8.51. The minimum Gasteiger partial charge on any atom is -0.381 e. The summed E-state index contributed by atoms with van der Waals surface area (Å²) >= 11 is 6.12. The van der Waals surface area contributed by atoms with Crippen molar-refractivity contribution in [2.24, 2.45) is 11.8 Å². The van der Waals surface area contributed by atoms with Gasteiger partial charge in [-0.15, -0.1) is 0 Å². The Hall–Kier alpha value is -1.55. The molecule has 0 amide bonds. The third-order valence-electron chi connectivity index (χ3n) is 4.10. The first-order valence-corrected chi connectivity index (χ1v) is 7.42. The van der Waals surface area contributed by atoms with Gasteiger partial charge in [0, 0.05) is 11.1 Å². The Kier molecular flexibility index (Phi) is 3.66. The van der Waals surface area contributed by atoms with Crippen LogP contribution >= 0.6 is 11.6 Å². The van der Waals surface area contributed by atoms with Crippen LogP contribution in [0.25, 0.3) is 5.69 Å². The number of hydrogen-bond donors (Lipinski definition) is 1. The summed E-state index contributed by atoms with van der Waals surface area (Å²) in [6, 6.07) is 6.34. The normalized spacial score (nSPS) is 21.8. The summed E-state index contributed by atoms with van der Waals surface area (Å²) in [6.07, 6.45) is 5.69. The van der Waals surface area contributed by atoms with Crippen molar-refractivity contribution in [1.82, 2.24) is 14.8 Å². The van der Waals surface area contributed by atoms with Crippen molar-refractivity contribution in [3.05, 3.63) is 35.9 Å². The first-order valence-electron chi connectivity index (χ1n) is 7.04. The van der Waals surface area contributed by atoms with Crippen LogP contribution in [0.15, 0.2) is 30.9 Å². The second kappa shape index (κ2) is 5.44. The van der Waals surface area contributed by atoms with Gasteiger partial charge in [0.15, 0.2) is 0 Å². The minimum absolute atomic E-state index is 0.531. The molecule has 1 saturated carbocycles. The standard InChI is InChI=1S/C15H19ClN4/c1-10(2)11-5-13(6-11)19-14-7-12(16)3-4-15(14)20-9-17-8-18-20/h3-4,7-11,13,19H,5-6H2,1-2H3. The average Bonchev–Trinajstić information content (AvgIpc) is 2.86. The Morgan fingerprint density at radius 1 is 1.35 bits per heavy atom. The molecule has 20 heavy (non-hydrogen) atoms. The molecule has 0 unspecified atom stereocenters. The lowest BCUT2D eigenvalue weighted by molar-refractivity contribution is 0.212. The largest absolute Gasteiger partial charge is 0.381 e. The highest BCUT2D eigenvalue weighted by Crippen LogP contribution is 2.36. The molecule has 106 valence electrons. The molecule has 0 aliphatic heterocycles. The van der Waals surface area contributed by atoms with Gasteiger partial charge in [-0.1, -0.05) is 25.4 Å². The molecule has 1 aromatic carbocycles. The molecule has 1 aliphatic rings. The van der Waals surface area contributed by atoms with Gasteiger partial charge >= 0.3 is 0 Å². The van der Waals surface area contributed by atoms with E-state index in [1.165, 1.54) is 19.2 Å². The molecule has 0 atom stereocenters. The van der Waals surface area contributed by atoms with E-state index in [0.29, 0.717) is 6.04 Å². The Morgan fingerprint density at radius 3 is 2.80 bits per heavy atom. The minimum atomic E-state index is 0.531. The van der Waals surface area contributed by atoms with Crippen molar-refractivity contribution in [2.45, 2.75) is 32.7 Å². The lowest BCUT2D eigenvalue weighted by Gasteiger charge is -2.39. The van der Waals surface area contributed by atoms with Crippen molar-refractivity contribution >= 4 is 17.3 Å². The summed E-state index contributed by atoms with van der Waals surface area (Å²) in [7, 11) is 0. The molecule has 3 rings (SSSR count). The van der Waals surface area contributed by atoms with Crippen LogP contribution in [-0.2, 0) is 0 Å². The van der Waals surface area contributed by atoms with Crippen LogP contribution in [0.2, 0.25) is 5.02 Å². The highest BCUT2D eigenvalue weighted by atomic mass is 35.5. The Bertz CT molecular complexity index is 574. The third kappa shape index (κ3) is 2.66. The van der Waals surface area contributed by atoms with Gasteiger partial charge in [0.1, 0.15) is 12.7 Å². The molecular weight excluding hydrogens is 272 g/mol. The van der Waals surface area contributed by atoms with E-state index in [1.54, 1.807) is 11.0 Å². The molecular formula is C15H19ClN4. The number of anilines is 1. The highest BCUT2D eigenvalue weighted by Gasteiger charge is 2.31. The number of nitrogens with one attached hydrogen (secondary N) is 1. The molecule has 5 heteroatoms. The zero-order valence-electron chi connectivity index (χ0n) is 11.8. The number of rotatable bonds is 4. The molecule has 0 saturated heterocycles. The van der Waals surface area contributed by atoms with Crippen LogP contribution in [0, 0.1) is 11.8 Å². The second-order valence-corrected chi connectivity index (χ2v) is 6.25. The van der Waals surface area contributed by atoms with E-state index in [9.17, 15) is 0 Å². The lowest BCUT2D eigenvalue weighted by atomic mass is 9.73. The lowest BCUT2D eigenvalue weighted by Crippen LogP contribution is -2.38. The predicted octanol–water partition coefficient (Wildman–Crippen LogP) is 3.77. The molecule has 1 aromatic heterocycles. The fourth-order valence-corrected chi connectivity index (χ4v) is 2.87. The molecule has 4 nitrogen and oxygen atoms in total. The molecule has 0 bridgehead atoms. The molecule has 0 spiro atoms. The van der Waals surface area contributed by atoms with E-state index in [4.69, 9.17) is 11.6 Å². The van der Waals surface area contributed by atoms with Crippen LogP contribution < -0.4 is 5.32 Å². The maximum Gasteiger partial charge on any atom is 0.138 e. The summed E-state index contributed by atoms with van der Waals surface area (Å²) in [4.78, 5) is 4.00. The van der Waals surface area contributed by atoms with Gasteiger partial charge in [-0.3, -0.25) is 0 Å². The van der Waals surface area contributed by atoms with Crippen LogP contribution in [0.3, 0.4) is 0 Å². The summed E-state index contributed by atoms with van der Waals surface area (Å²) in [6.45, 7) is 4.59. The molecule has 1 heterocycles. The van der Waals surface area contributed by atoms with E-state index >= 15 is 0 Å². The van der Waals surface area contributed by atoms with Crippen molar-refractivity contribution in [2.75, 3.05) is 5.32 Å². The summed E-state index contributed by atoms with van der Waals surface area (Å²) in [5.74, 6) is 1.60. The summed E-state index contributed by atoms with van der Waals surface area (Å²) in [5.41, 5.74) is 2.01. The first kappa shape index (κ1) is 13.4. The molecule has 0 radical (unpaired) electrons. The quantitative estimate of drug-likeness (QED) is 0.932. The van der Waals surface area contributed by atoms with Gasteiger partial charge in [0.25, 0.3) is 0 Å². The number of benzene rings is 1. The number of halogens is 1. The van der Waals surface area contributed by atoms with Crippen molar-refractivity contribution in [3.63, 3.8) is 0 Å². The zero-order chi connectivity index (χ0) is 14.1. The highest BCUT2D eigenvalue weighted by molar-refractivity contribution is 6.31. The van der Waals surface area contributed by atoms with Crippen molar-refractivity contribution in [1.29, 1.82) is 0 Å². The average molecular weight is 291 g/mol. The monoisotopic (exact) mass is 290 g/mol. The molecule has 1 fully saturated rings. The maximum atomic E-state index is 6.12. The van der Waals surface area contributed by atoms with Crippen LogP contribution in [0.5, 0.6) is 0 Å². The van der Waals surface area contributed by atoms with Crippen LogP contribution in [-0.4, -0.2) is 20.8 Å². The van der Waals surface area contributed by atoms with E-state index < -0.39 is 0 Å². The van der Waals surface area contributed by atoms with Gasteiger partial charge < -0.3 is 5.32 Å². The molecule has 1 N–H and O–H groups in total. The molecule has 2 aromatic rings.